The highest BCUT2D eigenvalue weighted by Gasteiger charge is 2.35. The summed E-state index contributed by atoms with van der Waals surface area (Å²) in [6.45, 7) is 3.56. The fourth-order valence-corrected chi connectivity index (χ4v) is 4.86. The quantitative estimate of drug-likeness (QED) is 0.779. The molecule has 0 bridgehead atoms. The molecule has 9 heteroatoms. The summed E-state index contributed by atoms with van der Waals surface area (Å²) < 4.78 is 31.9. The van der Waals surface area contributed by atoms with Crippen LogP contribution in [0.15, 0.2) is 52.0 Å². The van der Waals surface area contributed by atoms with E-state index in [2.05, 4.69) is 10.2 Å². The first kappa shape index (κ1) is 19.9. The highest BCUT2D eigenvalue weighted by atomic mass is 32.2. The lowest BCUT2D eigenvalue weighted by molar-refractivity contribution is 0.137. The van der Waals surface area contributed by atoms with Crippen molar-refractivity contribution >= 4 is 21.7 Å². The number of sulfonamides is 1. The number of furan rings is 1. The zero-order chi connectivity index (χ0) is 20.4. The molecule has 0 spiro atoms. The number of nitrogens with one attached hydrogen (secondary N) is 1. The molecule has 0 atom stereocenters. The van der Waals surface area contributed by atoms with Gasteiger partial charge in [-0.1, -0.05) is 0 Å². The number of piperazine rings is 1. The third-order valence-corrected chi connectivity index (χ3v) is 7.39. The van der Waals surface area contributed by atoms with Gasteiger partial charge in [0.2, 0.25) is 10.0 Å². The molecular formula is C20H26N4O4S. The van der Waals surface area contributed by atoms with Crippen molar-refractivity contribution in [2.75, 3.05) is 38.5 Å². The van der Waals surface area contributed by atoms with E-state index in [9.17, 15) is 13.2 Å². The van der Waals surface area contributed by atoms with Crippen LogP contribution in [0.25, 0.3) is 0 Å². The van der Waals surface area contributed by atoms with Gasteiger partial charge < -0.3 is 14.6 Å². The lowest BCUT2D eigenvalue weighted by Gasteiger charge is -2.34. The van der Waals surface area contributed by atoms with E-state index in [1.165, 1.54) is 4.31 Å². The monoisotopic (exact) mass is 418 g/mol. The Morgan fingerprint density at radius 1 is 1.14 bits per heavy atom. The minimum atomic E-state index is -3.47. The molecule has 0 unspecified atom stereocenters. The predicted octanol–water partition coefficient (Wildman–Crippen LogP) is 2.41. The molecule has 2 aromatic rings. The van der Waals surface area contributed by atoms with Crippen LogP contribution < -0.4 is 5.32 Å². The maximum Gasteiger partial charge on any atom is 0.321 e. The molecular weight excluding hydrogens is 392 g/mol. The average Bonchev–Trinajstić information content (AvgIpc) is 3.45. The van der Waals surface area contributed by atoms with Crippen LogP contribution in [-0.4, -0.2) is 67.8 Å². The third-order valence-electron chi connectivity index (χ3n) is 5.46. The SMILES string of the molecule is CN(C1CC1)S(=O)(=O)c1ccc(NC(=O)N2CCN(Cc3ccco3)CC2)cc1. The Bertz CT molecular complexity index is 931. The second-order valence-electron chi connectivity index (χ2n) is 7.55. The van der Waals surface area contributed by atoms with E-state index in [1.54, 1.807) is 42.5 Å². The molecule has 1 saturated carbocycles. The number of hydrogen-bond acceptors (Lipinski definition) is 5. The van der Waals surface area contributed by atoms with E-state index in [4.69, 9.17) is 4.42 Å². The maximum absolute atomic E-state index is 12.6. The van der Waals surface area contributed by atoms with Gasteiger partial charge in [0.1, 0.15) is 5.76 Å². The third kappa shape index (κ3) is 4.63. The number of hydrogen-bond donors (Lipinski definition) is 1. The molecule has 8 nitrogen and oxygen atoms in total. The summed E-state index contributed by atoms with van der Waals surface area (Å²) in [7, 11) is -1.85. The van der Waals surface area contributed by atoms with E-state index >= 15 is 0 Å². The van der Waals surface area contributed by atoms with Gasteiger partial charge in [-0.2, -0.15) is 4.31 Å². The van der Waals surface area contributed by atoms with Crippen LogP contribution in [-0.2, 0) is 16.6 Å². The van der Waals surface area contributed by atoms with Gasteiger partial charge in [0, 0.05) is 45.0 Å². The lowest BCUT2D eigenvalue weighted by Crippen LogP contribution is -2.49. The molecule has 156 valence electrons. The van der Waals surface area contributed by atoms with Crippen molar-refractivity contribution in [1.82, 2.24) is 14.1 Å². The molecule has 2 aliphatic rings. The number of rotatable bonds is 6. The molecule has 1 aliphatic heterocycles. The molecule has 1 aromatic heterocycles. The van der Waals surface area contributed by atoms with Gasteiger partial charge in [-0.25, -0.2) is 13.2 Å². The summed E-state index contributed by atoms with van der Waals surface area (Å²) in [6.07, 6.45) is 3.50. The van der Waals surface area contributed by atoms with Crippen molar-refractivity contribution in [1.29, 1.82) is 0 Å². The lowest BCUT2D eigenvalue weighted by atomic mass is 10.3. The van der Waals surface area contributed by atoms with Crippen molar-refractivity contribution in [2.24, 2.45) is 0 Å². The van der Waals surface area contributed by atoms with Crippen molar-refractivity contribution in [3.63, 3.8) is 0 Å². The molecule has 1 aromatic carbocycles. The second-order valence-corrected chi connectivity index (χ2v) is 9.55. The molecule has 1 saturated heterocycles. The topological polar surface area (TPSA) is 86.1 Å². The highest BCUT2D eigenvalue weighted by molar-refractivity contribution is 7.89. The predicted molar refractivity (Wildman–Crippen MR) is 109 cm³/mol. The number of carbonyl (C=O) groups excluding carboxylic acids is 1. The van der Waals surface area contributed by atoms with Gasteiger partial charge in [-0.15, -0.1) is 0 Å². The zero-order valence-corrected chi connectivity index (χ0v) is 17.3. The van der Waals surface area contributed by atoms with Crippen LogP contribution in [0, 0.1) is 0 Å². The van der Waals surface area contributed by atoms with Gasteiger partial charge in [0.05, 0.1) is 17.7 Å². The van der Waals surface area contributed by atoms with Crippen LogP contribution in [0.3, 0.4) is 0 Å². The molecule has 2 amide bonds. The fraction of sp³-hybridized carbons (Fsp3) is 0.450. The Hall–Kier alpha value is -2.36. The first-order chi connectivity index (χ1) is 13.9. The summed E-state index contributed by atoms with van der Waals surface area (Å²) in [5.74, 6) is 0.922. The average molecular weight is 419 g/mol. The summed E-state index contributed by atoms with van der Waals surface area (Å²) in [5.41, 5.74) is 0.584. The Morgan fingerprint density at radius 2 is 1.83 bits per heavy atom. The maximum atomic E-state index is 12.6. The minimum Gasteiger partial charge on any atom is -0.468 e. The molecule has 1 N–H and O–H groups in total. The van der Waals surface area contributed by atoms with Crippen LogP contribution >= 0.6 is 0 Å². The Balaban J connectivity index is 1.30. The first-order valence-corrected chi connectivity index (χ1v) is 11.3. The standard InChI is InChI=1S/C20H26N4O4S/c1-22(17-6-7-17)29(26,27)19-8-4-16(5-9-19)21-20(25)24-12-10-23(11-13-24)15-18-3-2-14-28-18/h2-5,8-9,14,17H,6-7,10-13,15H2,1H3,(H,21,25). The Kier molecular flexibility index (Phi) is 5.62. The number of urea groups is 1. The second kappa shape index (κ2) is 8.17. The molecule has 4 rings (SSSR count). The molecule has 2 fully saturated rings. The number of benzene rings is 1. The summed E-state index contributed by atoms with van der Waals surface area (Å²) in [4.78, 5) is 16.8. The number of nitrogens with zero attached hydrogens (tertiary/aromatic N) is 3. The van der Waals surface area contributed by atoms with Gasteiger partial charge in [-0.3, -0.25) is 4.90 Å². The van der Waals surface area contributed by atoms with E-state index in [1.807, 2.05) is 12.1 Å². The van der Waals surface area contributed by atoms with Crippen LogP contribution in [0.1, 0.15) is 18.6 Å². The van der Waals surface area contributed by atoms with Crippen molar-refractivity contribution in [3.8, 4) is 0 Å². The van der Waals surface area contributed by atoms with Crippen molar-refractivity contribution in [2.45, 2.75) is 30.3 Å². The Labute approximate surface area is 171 Å². The van der Waals surface area contributed by atoms with Gasteiger partial charge in [-0.05, 0) is 49.2 Å². The minimum absolute atomic E-state index is 0.117. The number of anilines is 1. The van der Waals surface area contributed by atoms with E-state index < -0.39 is 10.0 Å². The molecule has 2 heterocycles. The number of carbonyl (C=O) groups is 1. The molecule has 0 radical (unpaired) electrons. The fourth-order valence-electron chi connectivity index (χ4n) is 3.45. The van der Waals surface area contributed by atoms with E-state index in [0.29, 0.717) is 18.8 Å². The largest absolute Gasteiger partial charge is 0.468 e. The smallest absolute Gasteiger partial charge is 0.321 e. The van der Waals surface area contributed by atoms with Crippen LogP contribution in [0.4, 0.5) is 10.5 Å². The molecule has 29 heavy (non-hydrogen) atoms. The highest BCUT2D eigenvalue weighted by Crippen LogP contribution is 2.30. The van der Waals surface area contributed by atoms with Gasteiger partial charge in [0.25, 0.3) is 0 Å². The Morgan fingerprint density at radius 3 is 2.41 bits per heavy atom. The van der Waals surface area contributed by atoms with Gasteiger partial charge in [0.15, 0.2) is 0 Å². The van der Waals surface area contributed by atoms with E-state index in [-0.39, 0.29) is 17.0 Å². The van der Waals surface area contributed by atoms with Crippen molar-refractivity contribution < 1.29 is 17.6 Å². The van der Waals surface area contributed by atoms with Crippen LogP contribution in [0.5, 0.6) is 0 Å². The van der Waals surface area contributed by atoms with Crippen LogP contribution in [0.2, 0.25) is 0 Å². The zero-order valence-electron chi connectivity index (χ0n) is 16.5. The summed E-state index contributed by atoms with van der Waals surface area (Å²) >= 11 is 0. The first-order valence-electron chi connectivity index (χ1n) is 9.82. The summed E-state index contributed by atoms with van der Waals surface area (Å²) in [6, 6.07) is 10.1. The summed E-state index contributed by atoms with van der Waals surface area (Å²) in [5, 5.41) is 2.86. The molecule has 1 aliphatic carbocycles. The number of amides is 2. The normalized spacial score (nSPS) is 18.2. The van der Waals surface area contributed by atoms with E-state index in [0.717, 1.165) is 38.2 Å². The van der Waals surface area contributed by atoms with Gasteiger partial charge >= 0.3 is 6.03 Å². The van der Waals surface area contributed by atoms with Crippen molar-refractivity contribution in [3.05, 3.63) is 48.4 Å².